The molecule has 2 rings (SSSR count). The molecule has 0 aromatic rings. The first kappa shape index (κ1) is 15.3. The van der Waals surface area contributed by atoms with Crippen molar-refractivity contribution in [2.45, 2.75) is 58.1 Å². The molecule has 1 aliphatic carbocycles. The Morgan fingerprint density at radius 3 is 2.74 bits per heavy atom. The molecule has 19 heavy (non-hydrogen) atoms. The second kappa shape index (κ2) is 7.05. The third-order valence-corrected chi connectivity index (χ3v) is 5.18. The standard InChI is InChI=1S/C16H32N2O/c1-4-18-9-5-6-15(18)12-17(3)11-14-10-13(2)7-8-16(14)19/h13-16,19H,4-12H2,1-3H3. The summed E-state index contributed by atoms with van der Waals surface area (Å²) in [5, 5.41) is 10.2. The fraction of sp³-hybridized carbons (Fsp3) is 1.00. The van der Waals surface area contributed by atoms with E-state index < -0.39 is 0 Å². The second-order valence-electron chi connectivity index (χ2n) is 6.89. The molecule has 1 heterocycles. The molecule has 4 unspecified atom stereocenters. The molecule has 0 spiro atoms. The first-order valence-corrected chi connectivity index (χ1v) is 8.20. The van der Waals surface area contributed by atoms with Gasteiger partial charge in [0.15, 0.2) is 0 Å². The number of nitrogens with zero attached hydrogens (tertiary/aromatic N) is 2. The van der Waals surface area contributed by atoms with Gasteiger partial charge in [-0.3, -0.25) is 4.90 Å². The summed E-state index contributed by atoms with van der Waals surface area (Å²) in [5.74, 6) is 1.28. The van der Waals surface area contributed by atoms with Crippen molar-refractivity contribution in [3.8, 4) is 0 Å². The fourth-order valence-corrected chi connectivity index (χ4v) is 4.03. The summed E-state index contributed by atoms with van der Waals surface area (Å²) in [7, 11) is 2.23. The molecular weight excluding hydrogens is 236 g/mol. The van der Waals surface area contributed by atoms with Gasteiger partial charge in [0, 0.05) is 19.1 Å². The van der Waals surface area contributed by atoms with Gasteiger partial charge in [0.25, 0.3) is 0 Å². The van der Waals surface area contributed by atoms with Crippen LogP contribution in [0.5, 0.6) is 0 Å². The lowest BCUT2D eigenvalue weighted by Crippen LogP contribution is -2.43. The Balaban J connectivity index is 1.78. The minimum absolute atomic E-state index is 0.0653. The van der Waals surface area contributed by atoms with Crippen LogP contribution in [0.2, 0.25) is 0 Å². The highest BCUT2D eigenvalue weighted by Gasteiger charge is 2.29. The number of aliphatic hydroxyl groups excluding tert-OH is 1. The molecule has 1 saturated heterocycles. The van der Waals surface area contributed by atoms with Crippen molar-refractivity contribution in [3.63, 3.8) is 0 Å². The summed E-state index contributed by atoms with van der Waals surface area (Å²) in [4.78, 5) is 5.07. The Kier molecular flexibility index (Phi) is 5.67. The Morgan fingerprint density at radius 2 is 2.00 bits per heavy atom. The Morgan fingerprint density at radius 1 is 1.21 bits per heavy atom. The van der Waals surface area contributed by atoms with E-state index in [1.54, 1.807) is 0 Å². The molecule has 4 atom stereocenters. The first-order chi connectivity index (χ1) is 9.10. The smallest absolute Gasteiger partial charge is 0.0580 e. The monoisotopic (exact) mass is 268 g/mol. The topological polar surface area (TPSA) is 26.7 Å². The van der Waals surface area contributed by atoms with E-state index in [9.17, 15) is 5.11 Å². The highest BCUT2D eigenvalue weighted by molar-refractivity contribution is 4.84. The van der Waals surface area contributed by atoms with Gasteiger partial charge in [-0.2, -0.15) is 0 Å². The van der Waals surface area contributed by atoms with Gasteiger partial charge in [-0.25, -0.2) is 0 Å². The number of hydrogen-bond donors (Lipinski definition) is 1. The Bertz CT molecular complexity index is 271. The predicted octanol–water partition coefficient (Wildman–Crippen LogP) is 2.20. The van der Waals surface area contributed by atoms with Crippen LogP contribution in [0.4, 0.5) is 0 Å². The van der Waals surface area contributed by atoms with E-state index in [0.29, 0.717) is 5.92 Å². The number of aliphatic hydroxyl groups is 1. The van der Waals surface area contributed by atoms with Gasteiger partial charge in [0.1, 0.15) is 0 Å². The Labute approximate surface area is 119 Å². The number of likely N-dealkylation sites (tertiary alicyclic amines) is 1. The number of likely N-dealkylation sites (N-methyl/N-ethyl adjacent to an activating group) is 2. The fourth-order valence-electron chi connectivity index (χ4n) is 4.03. The zero-order valence-electron chi connectivity index (χ0n) is 13.0. The van der Waals surface area contributed by atoms with E-state index in [1.165, 1.54) is 45.3 Å². The van der Waals surface area contributed by atoms with Gasteiger partial charge in [0.2, 0.25) is 0 Å². The zero-order valence-corrected chi connectivity index (χ0v) is 13.0. The molecule has 0 aromatic carbocycles. The molecule has 3 heteroatoms. The van der Waals surface area contributed by atoms with E-state index >= 15 is 0 Å². The van der Waals surface area contributed by atoms with Crippen molar-refractivity contribution in [3.05, 3.63) is 0 Å². The third kappa shape index (κ3) is 4.17. The molecule has 112 valence electrons. The molecule has 0 bridgehead atoms. The van der Waals surface area contributed by atoms with Crippen molar-refractivity contribution >= 4 is 0 Å². The van der Waals surface area contributed by atoms with Crippen molar-refractivity contribution < 1.29 is 5.11 Å². The molecule has 1 saturated carbocycles. The van der Waals surface area contributed by atoms with Crippen LogP contribution in [-0.2, 0) is 0 Å². The van der Waals surface area contributed by atoms with Crippen LogP contribution in [-0.4, -0.2) is 60.3 Å². The highest BCUT2D eigenvalue weighted by Crippen LogP contribution is 2.29. The van der Waals surface area contributed by atoms with Crippen LogP contribution in [0.3, 0.4) is 0 Å². The van der Waals surface area contributed by atoms with Crippen LogP contribution >= 0.6 is 0 Å². The van der Waals surface area contributed by atoms with E-state index in [-0.39, 0.29) is 6.10 Å². The van der Waals surface area contributed by atoms with Gasteiger partial charge < -0.3 is 10.0 Å². The molecule has 1 aliphatic heterocycles. The summed E-state index contributed by atoms with van der Waals surface area (Å²) >= 11 is 0. The maximum atomic E-state index is 10.2. The molecule has 3 nitrogen and oxygen atoms in total. The normalized spacial score (nSPS) is 37.1. The van der Waals surface area contributed by atoms with E-state index in [4.69, 9.17) is 0 Å². The van der Waals surface area contributed by atoms with Crippen LogP contribution in [0.1, 0.15) is 46.0 Å². The minimum atomic E-state index is -0.0653. The lowest BCUT2D eigenvalue weighted by atomic mass is 9.80. The lowest BCUT2D eigenvalue weighted by molar-refractivity contribution is 0.0314. The molecule has 2 fully saturated rings. The van der Waals surface area contributed by atoms with Gasteiger partial charge in [-0.15, -0.1) is 0 Å². The van der Waals surface area contributed by atoms with E-state index in [0.717, 1.165) is 24.9 Å². The first-order valence-electron chi connectivity index (χ1n) is 8.20. The lowest BCUT2D eigenvalue weighted by Gasteiger charge is -2.36. The van der Waals surface area contributed by atoms with E-state index in [2.05, 4.69) is 30.7 Å². The SMILES string of the molecule is CCN1CCCC1CN(C)CC1CC(C)CCC1O. The molecule has 0 aromatic heterocycles. The van der Waals surface area contributed by atoms with Crippen molar-refractivity contribution in [1.29, 1.82) is 0 Å². The van der Waals surface area contributed by atoms with Gasteiger partial charge >= 0.3 is 0 Å². The van der Waals surface area contributed by atoms with Gasteiger partial charge in [-0.1, -0.05) is 13.8 Å². The quantitative estimate of drug-likeness (QED) is 0.828. The van der Waals surface area contributed by atoms with Gasteiger partial charge in [0.05, 0.1) is 6.10 Å². The third-order valence-electron chi connectivity index (χ3n) is 5.18. The molecule has 1 N–H and O–H groups in total. The minimum Gasteiger partial charge on any atom is -0.393 e. The van der Waals surface area contributed by atoms with Crippen LogP contribution < -0.4 is 0 Å². The number of rotatable bonds is 5. The summed E-state index contributed by atoms with van der Waals surface area (Å²) in [6.07, 6.45) is 6.05. The van der Waals surface area contributed by atoms with Crippen molar-refractivity contribution in [2.24, 2.45) is 11.8 Å². The molecule has 2 aliphatic rings. The summed E-state index contributed by atoms with van der Waals surface area (Å²) in [5.41, 5.74) is 0. The molecular formula is C16H32N2O. The zero-order chi connectivity index (χ0) is 13.8. The maximum Gasteiger partial charge on any atom is 0.0580 e. The predicted molar refractivity (Wildman–Crippen MR) is 80.3 cm³/mol. The molecule has 0 amide bonds. The second-order valence-corrected chi connectivity index (χ2v) is 6.89. The summed E-state index contributed by atoms with van der Waals surface area (Å²) in [6.45, 7) is 9.30. The highest BCUT2D eigenvalue weighted by atomic mass is 16.3. The largest absolute Gasteiger partial charge is 0.393 e. The maximum absolute atomic E-state index is 10.2. The van der Waals surface area contributed by atoms with Crippen molar-refractivity contribution in [2.75, 3.05) is 33.2 Å². The molecule has 0 radical (unpaired) electrons. The van der Waals surface area contributed by atoms with E-state index in [1.807, 2.05) is 0 Å². The summed E-state index contributed by atoms with van der Waals surface area (Å²) < 4.78 is 0. The van der Waals surface area contributed by atoms with Gasteiger partial charge in [-0.05, 0) is 64.1 Å². The van der Waals surface area contributed by atoms with Crippen molar-refractivity contribution in [1.82, 2.24) is 9.80 Å². The van der Waals surface area contributed by atoms with Crippen LogP contribution in [0, 0.1) is 11.8 Å². The van der Waals surface area contributed by atoms with Crippen LogP contribution in [0.25, 0.3) is 0 Å². The average Bonchev–Trinajstić information content (AvgIpc) is 2.81. The average molecular weight is 268 g/mol. The van der Waals surface area contributed by atoms with Crippen LogP contribution in [0.15, 0.2) is 0 Å². The number of hydrogen-bond acceptors (Lipinski definition) is 3. The summed E-state index contributed by atoms with van der Waals surface area (Å²) in [6, 6.07) is 0.744. The Hall–Kier alpha value is -0.120.